The van der Waals surface area contributed by atoms with E-state index in [1.165, 1.54) is 17.6 Å². The van der Waals surface area contributed by atoms with Crippen LogP contribution < -0.4 is 0 Å². The molecule has 0 fully saturated rings. The second-order valence-corrected chi connectivity index (χ2v) is 9.40. The highest BCUT2D eigenvalue weighted by atomic mass is 35.5. The quantitative estimate of drug-likeness (QED) is 0.375. The number of fused-ring (bicyclic) bond motifs is 1. The number of rotatable bonds is 10. The van der Waals surface area contributed by atoms with Gasteiger partial charge in [-0.2, -0.15) is 0 Å². The van der Waals surface area contributed by atoms with E-state index >= 15 is 0 Å². The maximum absolute atomic E-state index is 11.9. The van der Waals surface area contributed by atoms with Crippen molar-refractivity contribution < 1.29 is 14.3 Å². The summed E-state index contributed by atoms with van der Waals surface area (Å²) in [6.07, 6.45) is 14.2. The van der Waals surface area contributed by atoms with Gasteiger partial charge in [0.1, 0.15) is 11.9 Å². The molecule has 1 heterocycles. The third-order valence-corrected chi connectivity index (χ3v) is 6.07. The van der Waals surface area contributed by atoms with Gasteiger partial charge in [0.05, 0.1) is 11.6 Å². The predicted molar refractivity (Wildman–Crippen MR) is 116 cm³/mol. The standard InChI is InChI=1S/C24H35ClO3/c1-17(8-5-9-18(2)16-21(26)22(27)19(3)25)10-6-13-24(4)14-7-11-20-12-15-28-23(20)24/h6,10,12-13,15,18-19,22,27H,5,7-9,11,14,16H2,1-4H3/b13-6+,17-10-/t18-,19-,22+,24+/m0/s1. The lowest BCUT2D eigenvalue weighted by Gasteiger charge is -2.29. The summed E-state index contributed by atoms with van der Waals surface area (Å²) in [6.45, 7) is 8.12. The molecular formula is C24H35ClO3. The van der Waals surface area contributed by atoms with E-state index in [0.717, 1.165) is 37.9 Å². The SMILES string of the molecule is C/C(=C/C=C/[C@]1(C)CCCc2ccoc21)CCC[C@H](C)CC(=O)[C@H](O)[C@H](C)Cl. The average molecular weight is 407 g/mol. The summed E-state index contributed by atoms with van der Waals surface area (Å²) in [6, 6.07) is 2.10. The second kappa shape index (κ2) is 10.5. The Kier molecular flexibility index (Phi) is 8.57. The van der Waals surface area contributed by atoms with Crippen LogP contribution in [0.25, 0.3) is 0 Å². The van der Waals surface area contributed by atoms with Crippen LogP contribution in [0.3, 0.4) is 0 Å². The highest BCUT2D eigenvalue weighted by Gasteiger charge is 2.32. The van der Waals surface area contributed by atoms with Gasteiger partial charge >= 0.3 is 0 Å². The smallest absolute Gasteiger partial charge is 0.163 e. The summed E-state index contributed by atoms with van der Waals surface area (Å²) in [5.74, 6) is 1.23. The molecule has 4 atom stereocenters. The van der Waals surface area contributed by atoms with E-state index in [-0.39, 0.29) is 17.1 Å². The van der Waals surface area contributed by atoms with Gasteiger partial charge in [-0.15, -0.1) is 11.6 Å². The normalized spacial score (nSPS) is 23.4. The zero-order valence-corrected chi connectivity index (χ0v) is 18.5. The summed E-state index contributed by atoms with van der Waals surface area (Å²) in [5.41, 5.74) is 2.67. The van der Waals surface area contributed by atoms with Gasteiger partial charge < -0.3 is 9.52 Å². The largest absolute Gasteiger partial charge is 0.468 e. The number of carbonyl (C=O) groups is 1. The van der Waals surface area contributed by atoms with E-state index in [9.17, 15) is 9.90 Å². The van der Waals surface area contributed by atoms with Crippen molar-refractivity contribution in [2.24, 2.45) is 5.92 Å². The van der Waals surface area contributed by atoms with E-state index in [0.29, 0.717) is 6.42 Å². The lowest BCUT2D eigenvalue weighted by atomic mass is 9.75. The number of ketones is 1. The minimum absolute atomic E-state index is 0.0108. The van der Waals surface area contributed by atoms with Crippen molar-refractivity contribution in [1.82, 2.24) is 0 Å². The Morgan fingerprint density at radius 3 is 2.89 bits per heavy atom. The summed E-state index contributed by atoms with van der Waals surface area (Å²) in [5, 5.41) is 9.20. The molecule has 0 saturated heterocycles. The number of allylic oxidation sites excluding steroid dienone is 4. The van der Waals surface area contributed by atoms with Gasteiger partial charge in [-0.1, -0.05) is 30.7 Å². The first-order valence-corrected chi connectivity index (χ1v) is 10.9. The number of halogens is 1. The van der Waals surface area contributed by atoms with Gasteiger partial charge in [-0.05, 0) is 76.8 Å². The van der Waals surface area contributed by atoms with Crippen molar-refractivity contribution in [2.75, 3.05) is 0 Å². The molecule has 2 rings (SSSR count). The van der Waals surface area contributed by atoms with Gasteiger partial charge in [0.15, 0.2) is 5.78 Å². The Morgan fingerprint density at radius 2 is 2.18 bits per heavy atom. The van der Waals surface area contributed by atoms with Crippen LogP contribution in [-0.2, 0) is 16.6 Å². The van der Waals surface area contributed by atoms with Crippen LogP contribution >= 0.6 is 11.6 Å². The molecule has 1 aliphatic rings. The molecule has 0 unspecified atom stereocenters. The number of alkyl halides is 1. The van der Waals surface area contributed by atoms with Crippen LogP contribution in [0, 0.1) is 5.92 Å². The van der Waals surface area contributed by atoms with Crippen molar-refractivity contribution in [3.05, 3.63) is 47.5 Å². The molecule has 0 amide bonds. The summed E-state index contributed by atoms with van der Waals surface area (Å²) >= 11 is 5.80. The summed E-state index contributed by atoms with van der Waals surface area (Å²) in [7, 11) is 0. The average Bonchev–Trinajstić information content (AvgIpc) is 3.11. The number of aliphatic hydroxyl groups excluding tert-OH is 1. The van der Waals surface area contributed by atoms with Gasteiger partial charge in [0.2, 0.25) is 0 Å². The van der Waals surface area contributed by atoms with Gasteiger partial charge in [0, 0.05) is 11.8 Å². The van der Waals surface area contributed by atoms with Crippen LogP contribution in [0.15, 0.2) is 40.5 Å². The predicted octanol–water partition coefficient (Wildman–Crippen LogP) is 6.13. The maximum atomic E-state index is 11.9. The molecule has 0 radical (unpaired) electrons. The van der Waals surface area contributed by atoms with E-state index in [1.54, 1.807) is 6.92 Å². The molecule has 1 aromatic rings. The number of hydrogen-bond acceptors (Lipinski definition) is 3. The second-order valence-electron chi connectivity index (χ2n) is 8.71. The lowest BCUT2D eigenvalue weighted by molar-refractivity contribution is -0.127. The fraction of sp³-hybridized carbons (Fsp3) is 0.625. The molecule has 156 valence electrons. The summed E-state index contributed by atoms with van der Waals surface area (Å²) < 4.78 is 5.76. The van der Waals surface area contributed by atoms with Crippen molar-refractivity contribution in [3.63, 3.8) is 0 Å². The minimum Gasteiger partial charge on any atom is -0.468 e. The number of Topliss-reactive ketones (excluding diaryl/α,β-unsaturated/α-hetero) is 1. The molecule has 0 spiro atoms. The van der Waals surface area contributed by atoms with Crippen LogP contribution in [0.1, 0.15) is 77.5 Å². The molecule has 0 aromatic carbocycles. The first-order valence-electron chi connectivity index (χ1n) is 10.5. The number of hydrogen-bond donors (Lipinski definition) is 1. The first kappa shape index (κ1) is 23.0. The first-order chi connectivity index (χ1) is 13.2. The number of aliphatic hydroxyl groups is 1. The molecule has 3 nitrogen and oxygen atoms in total. The van der Waals surface area contributed by atoms with Gasteiger partial charge in [0.25, 0.3) is 0 Å². The minimum atomic E-state index is -1.05. The molecule has 4 heteroatoms. The van der Waals surface area contributed by atoms with Crippen LogP contribution in [0.2, 0.25) is 0 Å². The molecule has 1 N–H and O–H groups in total. The third kappa shape index (κ3) is 6.35. The monoisotopic (exact) mass is 406 g/mol. The topological polar surface area (TPSA) is 50.4 Å². The zero-order valence-electron chi connectivity index (χ0n) is 17.7. The van der Waals surface area contributed by atoms with Crippen molar-refractivity contribution >= 4 is 17.4 Å². The Balaban J connectivity index is 1.78. The number of carbonyl (C=O) groups excluding carboxylic acids is 1. The Hall–Kier alpha value is -1.32. The number of aryl methyl sites for hydroxylation is 1. The fourth-order valence-corrected chi connectivity index (χ4v) is 4.15. The molecule has 0 saturated carbocycles. The molecule has 28 heavy (non-hydrogen) atoms. The highest BCUT2D eigenvalue weighted by Crippen LogP contribution is 2.38. The molecule has 0 bridgehead atoms. The zero-order chi connectivity index (χ0) is 20.7. The van der Waals surface area contributed by atoms with Crippen LogP contribution in [-0.4, -0.2) is 22.4 Å². The molecule has 1 aliphatic carbocycles. The van der Waals surface area contributed by atoms with Gasteiger partial charge in [-0.25, -0.2) is 0 Å². The van der Waals surface area contributed by atoms with E-state index < -0.39 is 11.5 Å². The van der Waals surface area contributed by atoms with Crippen LogP contribution in [0.4, 0.5) is 0 Å². The van der Waals surface area contributed by atoms with E-state index in [2.05, 4.69) is 45.1 Å². The van der Waals surface area contributed by atoms with Gasteiger partial charge in [-0.3, -0.25) is 4.79 Å². The maximum Gasteiger partial charge on any atom is 0.163 e. The van der Waals surface area contributed by atoms with Crippen molar-refractivity contribution in [3.8, 4) is 0 Å². The molecule has 0 aliphatic heterocycles. The molecular weight excluding hydrogens is 372 g/mol. The Morgan fingerprint density at radius 1 is 1.43 bits per heavy atom. The third-order valence-electron chi connectivity index (χ3n) is 5.84. The highest BCUT2D eigenvalue weighted by molar-refractivity contribution is 6.22. The van der Waals surface area contributed by atoms with Crippen molar-refractivity contribution in [2.45, 2.75) is 89.5 Å². The lowest BCUT2D eigenvalue weighted by Crippen LogP contribution is -2.29. The van der Waals surface area contributed by atoms with Crippen molar-refractivity contribution in [1.29, 1.82) is 0 Å². The van der Waals surface area contributed by atoms with E-state index in [4.69, 9.17) is 16.0 Å². The van der Waals surface area contributed by atoms with Crippen LogP contribution in [0.5, 0.6) is 0 Å². The molecule has 1 aromatic heterocycles. The summed E-state index contributed by atoms with van der Waals surface area (Å²) in [4.78, 5) is 11.9. The number of furan rings is 1. The Labute approximate surface area is 174 Å². The Bertz CT molecular complexity index is 700. The fourth-order valence-electron chi connectivity index (χ4n) is 4.01. The van der Waals surface area contributed by atoms with E-state index in [1.807, 2.05) is 6.26 Å².